The molecule has 0 unspecified atom stereocenters. The maximum absolute atomic E-state index is 13.4. The van der Waals surface area contributed by atoms with Crippen molar-refractivity contribution in [2.75, 3.05) is 26.2 Å². The molecule has 2 heterocycles. The molecule has 6 nitrogen and oxygen atoms in total. The number of hydrogen-bond acceptors (Lipinski definition) is 3. The summed E-state index contributed by atoms with van der Waals surface area (Å²) in [6, 6.07) is 7.47. The van der Waals surface area contributed by atoms with Crippen molar-refractivity contribution in [2.24, 2.45) is 5.73 Å². The van der Waals surface area contributed by atoms with Gasteiger partial charge in [-0.15, -0.1) is 0 Å². The summed E-state index contributed by atoms with van der Waals surface area (Å²) in [5.41, 5.74) is 3.23. The van der Waals surface area contributed by atoms with Crippen molar-refractivity contribution in [3.63, 3.8) is 0 Å². The molecule has 2 amide bonds. The molecule has 0 bridgehead atoms. The number of aromatic nitrogens is 1. The van der Waals surface area contributed by atoms with Gasteiger partial charge in [0.05, 0.1) is 23.7 Å². The van der Waals surface area contributed by atoms with Crippen LogP contribution in [0.3, 0.4) is 0 Å². The summed E-state index contributed by atoms with van der Waals surface area (Å²) in [5, 5.41) is 0.852. The van der Waals surface area contributed by atoms with Gasteiger partial charge in [0.2, 0.25) is 5.91 Å². The number of fused-ring (bicyclic) bond motifs is 1. The van der Waals surface area contributed by atoms with Gasteiger partial charge in [0, 0.05) is 42.3 Å². The molecule has 0 saturated carbocycles. The zero-order valence-electron chi connectivity index (χ0n) is 18.8. The van der Waals surface area contributed by atoms with Gasteiger partial charge in [-0.2, -0.15) is 26.3 Å². The van der Waals surface area contributed by atoms with Crippen LogP contribution in [0.15, 0.2) is 48.7 Å². The van der Waals surface area contributed by atoms with Crippen molar-refractivity contribution >= 4 is 22.7 Å². The van der Waals surface area contributed by atoms with Crippen molar-refractivity contribution in [2.45, 2.75) is 24.8 Å². The highest BCUT2D eigenvalue weighted by molar-refractivity contribution is 5.95. The predicted octanol–water partition coefficient (Wildman–Crippen LogP) is 4.06. The lowest BCUT2D eigenvalue weighted by Crippen LogP contribution is -2.58. The Hall–Kier alpha value is -3.54. The van der Waals surface area contributed by atoms with Crippen molar-refractivity contribution < 1.29 is 35.9 Å². The van der Waals surface area contributed by atoms with E-state index < -0.39 is 41.0 Å². The number of rotatable bonds is 4. The van der Waals surface area contributed by atoms with E-state index in [2.05, 4.69) is 4.98 Å². The second-order valence-corrected chi connectivity index (χ2v) is 8.55. The molecule has 1 aliphatic rings. The number of amides is 2. The van der Waals surface area contributed by atoms with Crippen LogP contribution in [-0.4, -0.2) is 58.8 Å². The smallest absolute Gasteiger partial charge is 0.361 e. The molecule has 0 spiro atoms. The number of alkyl halides is 6. The maximum atomic E-state index is 13.4. The van der Waals surface area contributed by atoms with E-state index in [0.717, 1.165) is 16.5 Å². The second-order valence-electron chi connectivity index (χ2n) is 8.55. The third-order valence-corrected chi connectivity index (χ3v) is 6.24. The first kappa shape index (κ1) is 25.5. The van der Waals surface area contributed by atoms with Crippen LogP contribution in [0.5, 0.6) is 0 Å². The lowest BCUT2D eigenvalue weighted by Gasteiger charge is -2.41. The number of nitrogens with zero attached hydrogens (tertiary/aromatic N) is 2. The highest BCUT2D eigenvalue weighted by Gasteiger charge is 2.39. The zero-order chi connectivity index (χ0) is 26.3. The Balaban J connectivity index is 1.72. The van der Waals surface area contributed by atoms with Crippen LogP contribution in [0.1, 0.15) is 27.0 Å². The van der Waals surface area contributed by atoms with Crippen molar-refractivity contribution in [1.82, 2.24) is 14.8 Å². The van der Waals surface area contributed by atoms with Crippen LogP contribution in [-0.2, 0) is 23.6 Å². The summed E-state index contributed by atoms with van der Waals surface area (Å²) < 4.78 is 80.1. The molecule has 3 N–H and O–H groups in total. The largest absolute Gasteiger partial charge is 0.416 e. The summed E-state index contributed by atoms with van der Waals surface area (Å²) in [6.45, 7) is -0.255. The first-order chi connectivity index (χ1) is 16.9. The third-order valence-electron chi connectivity index (χ3n) is 6.24. The molecule has 36 heavy (non-hydrogen) atoms. The molecule has 1 saturated heterocycles. The molecular weight excluding hydrogens is 490 g/mol. The van der Waals surface area contributed by atoms with Gasteiger partial charge in [-0.1, -0.05) is 18.2 Å². The topological polar surface area (TPSA) is 82.4 Å². The Morgan fingerprint density at radius 1 is 0.972 bits per heavy atom. The molecule has 0 radical (unpaired) electrons. The van der Waals surface area contributed by atoms with E-state index in [1.54, 1.807) is 6.20 Å². The van der Waals surface area contributed by atoms with Gasteiger partial charge >= 0.3 is 12.4 Å². The van der Waals surface area contributed by atoms with E-state index in [4.69, 9.17) is 5.73 Å². The molecule has 192 valence electrons. The van der Waals surface area contributed by atoms with E-state index in [-0.39, 0.29) is 44.6 Å². The van der Waals surface area contributed by atoms with Gasteiger partial charge in [-0.25, -0.2) is 0 Å². The average Bonchev–Trinajstić information content (AvgIpc) is 3.24. The number of halogens is 6. The number of nitrogens with two attached hydrogens (primary N) is 1. The lowest BCUT2D eigenvalue weighted by molar-refractivity contribution is -0.143. The van der Waals surface area contributed by atoms with Crippen molar-refractivity contribution in [3.05, 3.63) is 70.9 Å². The molecule has 1 aromatic heterocycles. The van der Waals surface area contributed by atoms with E-state index in [1.165, 1.54) is 9.80 Å². The van der Waals surface area contributed by atoms with Crippen molar-refractivity contribution in [3.8, 4) is 0 Å². The molecule has 1 fully saturated rings. The summed E-state index contributed by atoms with van der Waals surface area (Å²) in [4.78, 5) is 31.4. The van der Waals surface area contributed by atoms with Gasteiger partial charge in [-0.3, -0.25) is 9.59 Å². The van der Waals surface area contributed by atoms with E-state index in [1.807, 2.05) is 24.3 Å². The quantitative estimate of drug-likeness (QED) is 0.518. The molecule has 12 heteroatoms. The lowest BCUT2D eigenvalue weighted by atomic mass is 9.98. The van der Waals surface area contributed by atoms with Crippen LogP contribution in [0, 0.1) is 0 Å². The average molecular weight is 512 g/mol. The molecule has 1 aliphatic heterocycles. The summed E-state index contributed by atoms with van der Waals surface area (Å²) in [7, 11) is 0. The summed E-state index contributed by atoms with van der Waals surface area (Å²) in [6.07, 6.45) is -8.21. The fourth-order valence-corrected chi connectivity index (χ4v) is 4.45. The first-order valence-electron chi connectivity index (χ1n) is 11.0. The van der Waals surface area contributed by atoms with Gasteiger partial charge in [-0.05, 0) is 36.2 Å². The van der Waals surface area contributed by atoms with Crippen LogP contribution in [0.4, 0.5) is 26.3 Å². The van der Waals surface area contributed by atoms with E-state index in [9.17, 15) is 35.9 Å². The Kier molecular flexibility index (Phi) is 6.74. The highest BCUT2D eigenvalue weighted by Crippen LogP contribution is 2.37. The van der Waals surface area contributed by atoms with Crippen LogP contribution < -0.4 is 5.73 Å². The first-order valence-corrected chi connectivity index (χ1v) is 11.0. The fraction of sp³-hybridized carbons (Fsp3) is 0.333. The summed E-state index contributed by atoms with van der Waals surface area (Å²) in [5.74, 6) is -1.35. The molecule has 0 aliphatic carbocycles. The van der Waals surface area contributed by atoms with E-state index in [0.29, 0.717) is 12.1 Å². The van der Waals surface area contributed by atoms with E-state index >= 15 is 0 Å². The minimum absolute atomic E-state index is 0.0158. The number of aromatic amines is 1. The van der Waals surface area contributed by atoms with Gasteiger partial charge < -0.3 is 20.5 Å². The number of hydrogen-bond donors (Lipinski definition) is 2. The third kappa shape index (κ3) is 5.18. The maximum Gasteiger partial charge on any atom is 0.416 e. The standard InChI is InChI=1S/C24H22F6N4O2/c25-23(26,27)16-7-14(8-17(10-16)24(28,29)30)22(36)34-6-5-33(21(35)11-31)13-18(34)9-15-12-32-20-4-2-1-3-19(15)20/h1-4,7-8,10,12,18,32H,5-6,9,11,13,31H2/t18-/m1/s1. The van der Waals surface area contributed by atoms with Crippen LogP contribution in [0.25, 0.3) is 10.9 Å². The predicted molar refractivity (Wildman–Crippen MR) is 119 cm³/mol. The minimum Gasteiger partial charge on any atom is -0.361 e. The van der Waals surface area contributed by atoms with Crippen LogP contribution >= 0.6 is 0 Å². The van der Waals surface area contributed by atoms with Gasteiger partial charge in [0.25, 0.3) is 5.91 Å². The second kappa shape index (κ2) is 9.49. The molecule has 4 rings (SSSR count). The Bertz CT molecular complexity index is 1250. The number of carbonyl (C=O) groups is 2. The Morgan fingerprint density at radius 2 is 1.61 bits per heavy atom. The highest BCUT2D eigenvalue weighted by atomic mass is 19.4. The monoisotopic (exact) mass is 512 g/mol. The Morgan fingerprint density at radius 3 is 2.22 bits per heavy atom. The number of H-pyrrole nitrogens is 1. The van der Waals surface area contributed by atoms with Crippen molar-refractivity contribution in [1.29, 1.82) is 0 Å². The molecular formula is C24H22F6N4O2. The van der Waals surface area contributed by atoms with Gasteiger partial charge in [0.15, 0.2) is 0 Å². The minimum atomic E-state index is -5.08. The SMILES string of the molecule is NCC(=O)N1CCN(C(=O)c2cc(C(F)(F)F)cc(C(F)(F)F)c2)[C@H](Cc2c[nH]c3ccccc23)C1. The number of para-hydroxylation sites is 1. The fourth-order valence-electron chi connectivity index (χ4n) is 4.45. The Labute approximate surface area is 201 Å². The number of carbonyl (C=O) groups excluding carboxylic acids is 2. The normalized spacial score (nSPS) is 17.0. The molecule has 3 aromatic rings. The number of benzene rings is 2. The zero-order valence-corrected chi connectivity index (χ0v) is 18.8. The molecule has 1 atom stereocenters. The number of nitrogens with one attached hydrogen (secondary N) is 1. The van der Waals surface area contributed by atoms with Gasteiger partial charge in [0.1, 0.15) is 0 Å². The number of piperazine rings is 1. The summed E-state index contributed by atoms with van der Waals surface area (Å²) >= 11 is 0. The molecule has 2 aromatic carbocycles. The van der Waals surface area contributed by atoms with Crippen LogP contribution in [0.2, 0.25) is 0 Å².